The zero-order valence-corrected chi connectivity index (χ0v) is 19.7. The van der Waals surface area contributed by atoms with E-state index >= 15 is 0 Å². The Labute approximate surface area is 179 Å². The van der Waals surface area contributed by atoms with Crippen molar-refractivity contribution >= 4 is 0 Å². The van der Waals surface area contributed by atoms with Crippen molar-refractivity contribution in [2.45, 2.75) is 111 Å². The van der Waals surface area contributed by atoms with Crippen LogP contribution in [0, 0.1) is 46.3 Å². The first-order valence-electron chi connectivity index (χ1n) is 12.7. The average Bonchev–Trinajstić information content (AvgIpc) is 3.02. The standard InChI is InChI=1S/C27H46O2/c1-17(2)7-6-8-18(3)22-11-12-23-21-10-9-19-15-20(28)13-14-26(19,4)24(21)16-25(29)27(22,23)5/h9,17-18,20-25,28-29H,6-8,10-16H2,1-5H3. The number of hydrogen-bond acceptors (Lipinski definition) is 2. The van der Waals surface area contributed by atoms with Gasteiger partial charge in [-0.2, -0.15) is 0 Å². The summed E-state index contributed by atoms with van der Waals surface area (Å²) in [6.45, 7) is 12.1. The van der Waals surface area contributed by atoms with Crippen LogP contribution in [0.5, 0.6) is 0 Å². The van der Waals surface area contributed by atoms with Crippen molar-refractivity contribution in [2.75, 3.05) is 0 Å². The van der Waals surface area contributed by atoms with E-state index in [1.54, 1.807) is 0 Å². The van der Waals surface area contributed by atoms with Crippen molar-refractivity contribution in [3.63, 3.8) is 0 Å². The van der Waals surface area contributed by atoms with Crippen molar-refractivity contribution in [1.29, 1.82) is 0 Å². The lowest BCUT2D eigenvalue weighted by Crippen LogP contribution is -2.56. The summed E-state index contributed by atoms with van der Waals surface area (Å²) in [5.41, 5.74) is 1.82. The highest BCUT2D eigenvalue weighted by atomic mass is 16.3. The predicted molar refractivity (Wildman–Crippen MR) is 120 cm³/mol. The lowest BCUT2D eigenvalue weighted by atomic mass is 9.46. The molecule has 9 atom stereocenters. The smallest absolute Gasteiger partial charge is 0.0602 e. The Morgan fingerprint density at radius 1 is 1.03 bits per heavy atom. The highest BCUT2D eigenvalue weighted by molar-refractivity contribution is 5.26. The minimum absolute atomic E-state index is 0.105. The molecule has 2 nitrogen and oxygen atoms in total. The number of fused-ring (bicyclic) bond motifs is 5. The van der Waals surface area contributed by atoms with Crippen LogP contribution >= 0.6 is 0 Å². The zero-order chi connectivity index (χ0) is 21.0. The third kappa shape index (κ3) is 3.55. The van der Waals surface area contributed by atoms with Gasteiger partial charge in [0.05, 0.1) is 12.2 Å². The lowest BCUT2D eigenvalue weighted by molar-refractivity contribution is -0.136. The summed E-state index contributed by atoms with van der Waals surface area (Å²) in [6.07, 6.45) is 13.9. The first-order valence-corrected chi connectivity index (χ1v) is 12.7. The van der Waals surface area contributed by atoms with Crippen molar-refractivity contribution in [2.24, 2.45) is 46.3 Å². The molecule has 166 valence electrons. The normalized spacial score (nSPS) is 47.9. The van der Waals surface area contributed by atoms with Gasteiger partial charge in [0.25, 0.3) is 0 Å². The number of aliphatic hydroxyl groups is 2. The van der Waals surface area contributed by atoms with Crippen LogP contribution in [0.1, 0.15) is 98.8 Å². The molecular formula is C27H46O2. The maximum atomic E-state index is 11.6. The second kappa shape index (κ2) is 7.97. The molecule has 0 saturated heterocycles. The first-order chi connectivity index (χ1) is 13.7. The Balaban J connectivity index is 1.54. The van der Waals surface area contributed by atoms with Crippen LogP contribution < -0.4 is 0 Å². The van der Waals surface area contributed by atoms with E-state index in [-0.39, 0.29) is 23.0 Å². The lowest BCUT2D eigenvalue weighted by Gasteiger charge is -2.60. The second-order valence-corrected chi connectivity index (χ2v) is 12.3. The molecule has 3 saturated carbocycles. The molecule has 0 aliphatic heterocycles. The summed E-state index contributed by atoms with van der Waals surface area (Å²) < 4.78 is 0. The van der Waals surface area contributed by atoms with Crippen LogP contribution in [-0.4, -0.2) is 22.4 Å². The Morgan fingerprint density at radius 2 is 1.79 bits per heavy atom. The van der Waals surface area contributed by atoms with Crippen molar-refractivity contribution < 1.29 is 10.2 Å². The molecule has 0 amide bonds. The van der Waals surface area contributed by atoms with E-state index in [9.17, 15) is 10.2 Å². The maximum Gasteiger partial charge on any atom is 0.0602 e. The molecule has 3 fully saturated rings. The Morgan fingerprint density at radius 3 is 2.52 bits per heavy atom. The van der Waals surface area contributed by atoms with E-state index in [2.05, 4.69) is 40.7 Å². The van der Waals surface area contributed by atoms with Crippen molar-refractivity contribution in [3.05, 3.63) is 11.6 Å². The Hall–Kier alpha value is -0.340. The molecule has 0 spiro atoms. The molecule has 2 heteroatoms. The summed E-state index contributed by atoms with van der Waals surface area (Å²) >= 11 is 0. The zero-order valence-electron chi connectivity index (χ0n) is 19.7. The molecule has 0 aromatic heterocycles. The molecule has 2 N–H and O–H groups in total. The van der Waals surface area contributed by atoms with Gasteiger partial charge in [-0.25, -0.2) is 0 Å². The van der Waals surface area contributed by atoms with Crippen molar-refractivity contribution in [1.82, 2.24) is 0 Å². The fourth-order valence-corrected chi connectivity index (χ4v) is 8.62. The van der Waals surface area contributed by atoms with Crippen molar-refractivity contribution in [3.8, 4) is 0 Å². The van der Waals surface area contributed by atoms with E-state index in [1.165, 1.54) is 44.1 Å². The Kier molecular flexibility index (Phi) is 6.01. The molecule has 0 aromatic rings. The molecule has 0 heterocycles. The number of aliphatic hydroxyl groups excluding tert-OH is 2. The molecular weight excluding hydrogens is 356 g/mol. The molecule has 29 heavy (non-hydrogen) atoms. The van der Waals surface area contributed by atoms with Gasteiger partial charge in [-0.3, -0.25) is 0 Å². The van der Waals surface area contributed by atoms with Crippen LogP contribution in [-0.2, 0) is 0 Å². The summed E-state index contributed by atoms with van der Waals surface area (Å²) in [5, 5.41) is 21.8. The summed E-state index contributed by atoms with van der Waals surface area (Å²) in [5.74, 6) is 4.23. The number of allylic oxidation sites excluding steroid dienone is 1. The van der Waals surface area contributed by atoms with E-state index in [0.29, 0.717) is 17.8 Å². The van der Waals surface area contributed by atoms with Gasteiger partial charge in [0, 0.05) is 0 Å². The first kappa shape index (κ1) is 21.9. The maximum absolute atomic E-state index is 11.6. The molecule has 4 rings (SSSR count). The van der Waals surface area contributed by atoms with Crippen LogP contribution in [0.15, 0.2) is 11.6 Å². The van der Waals surface area contributed by atoms with E-state index in [4.69, 9.17) is 0 Å². The Bertz CT molecular complexity index is 624. The quantitative estimate of drug-likeness (QED) is 0.525. The van der Waals surface area contributed by atoms with Crippen LogP contribution in [0.2, 0.25) is 0 Å². The van der Waals surface area contributed by atoms with Gasteiger partial charge in [-0.15, -0.1) is 0 Å². The van der Waals surface area contributed by atoms with Gasteiger partial charge in [-0.05, 0) is 91.3 Å². The van der Waals surface area contributed by atoms with Gasteiger partial charge in [0.1, 0.15) is 0 Å². The highest BCUT2D eigenvalue weighted by Crippen LogP contribution is 2.67. The predicted octanol–water partition coefficient (Wildman–Crippen LogP) is 6.36. The van der Waals surface area contributed by atoms with Crippen LogP contribution in [0.25, 0.3) is 0 Å². The SMILES string of the molecule is CC(C)CCCC(C)C1CCC2C3CC=C4CC(O)CCC4(C)C3CC(O)C12C. The summed E-state index contributed by atoms with van der Waals surface area (Å²) in [7, 11) is 0. The molecule has 9 unspecified atom stereocenters. The minimum atomic E-state index is -0.156. The molecule has 4 aliphatic carbocycles. The topological polar surface area (TPSA) is 40.5 Å². The van der Waals surface area contributed by atoms with E-state index in [1.807, 2.05) is 0 Å². The fraction of sp³-hybridized carbons (Fsp3) is 0.926. The summed E-state index contributed by atoms with van der Waals surface area (Å²) in [4.78, 5) is 0. The molecule has 4 aliphatic rings. The number of hydrogen-bond donors (Lipinski definition) is 2. The van der Waals surface area contributed by atoms with E-state index < -0.39 is 0 Å². The van der Waals surface area contributed by atoms with Gasteiger partial charge in [0.15, 0.2) is 0 Å². The fourth-order valence-electron chi connectivity index (χ4n) is 8.62. The molecule has 0 radical (unpaired) electrons. The highest BCUT2D eigenvalue weighted by Gasteiger charge is 2.62. The largest absolute Gasteiger partial charge is 0.393 e. The van der Waals surface area contributed by atoms with Gasteiger partial charge >= 0.3 is 0 Å². The van der Waals surface area contributed by atoms with Gasteiger partial charge < -0.3 is 10.2 Å². The summed E-state index contributed by atoms with van der Waals surface area (Å²) in [6, 6.07) is 0. The van der Waals surface area contributed by atoms with Gasteiger partial charge in [-0.1, -0.05) is 65.5 Å². The van der Waals surface area contributed by atoms with Crippen LogP contribution in [0.4, 0.5) is 0 Å². The average molecular weight is 403 g/mol. The molecule has 0 aromatic carbocycles. The van der Waals surface area contributed by atoms with Crippen LogP contribution in [0.3, 0.4) is 0 Å². The van der Waals surface area contributed by atoms with Gasteiger partial charge in [0.2, 0.25) is 0 Å². The third-order valence-corrected chi connectivity index (χ3v) is 10.4. The number of rotatable bonds is 5. The third-order valence-electron chi connectivity index (χ3n) is 10.4. The molecule has 0 bridgehead atoms. The monoisotopic (exact) mass is 402 g/mol. The minimum Gasteiger partial charge on any atom is -0.393 e. The van der Waals surface area contributed by atoms with E-state index in [0.717, 1.165) is 43.4 Å². The second-order valence-electron chi connectivity index (χ2n) is 12.3.